The van der Waals surface area contributed by atoms with Crippen LogP contribution in [0, 0.1) is 6.92 Å². The molecule has 1 aromatic rings. The smallest absolute Gasteiger partial charge is 0.150 e. The van der Waals surface area contributed by atoms with Gasteiger partial charge in [-0.15, -0.1) is 0 Å². The lowest BCUT2D eigenvalue weighted by Gasteiger charge is -2.15. The molecule has 0 aliphatic rings. The summed E-state index contributed by atoms with van der Waals surface area (Å²) in [5.74, 6) is 0.769. The zero-order chi connectivity index (χ0) is 9.90. The number of benzene rings is 1. The highest BCUT2D eigenvalue weighted by atomic mass is 79.9. The van der Waals surface area contributed by atoms with Crippen LogP contribution in [0.1, 0.15) is 12.5 Å². The summed E-state index contributed by atoms with van der Waals surface area (Å²) in [6.07, 6.45) is 0. The number of aliphatic hydroxyl groups is 1. The van der Waals surface area contributed by atoms with Crippen molar-refractivity contribution in [2.75, 3.05) is 6.61 Å². The Morgan fingerprint density at radius 3 is 2.38 bits per heavy atom. The Morgan fingerprint density at radius 1 is 1.38 bits per heavy atom. The van der Waals surface area contributed by atoms with Crippen LogP contribution in [-0.4, -0.2) is 16.2 Å². The Kier molecular flexibility index (Phi) is 3.33. The summed E-state index contributed by atoms with van der Waals surface area (Å²) in [6.45, 7) is 3.89. The number of ether oxygens (including phenoxy) is 1. The van der Waals surface area contributed by atoms with E-state index in [0.717, 1.165) is 5.75 Å². The SMILES string of the molecule is Cc1ccc(OCC(C)(O)Br)cc1. The fraction of sp³-hybridized carbons (Fsp3) is 0.400. The molecule has 2 nitrogen and oxygen atoms in total. The molecule has 1 unspecified atom stereocenters. The number of aryl methyl sites for hydroxylation is 1. The molecule has 0 aliphatic carbocycles. The number of rotatable bonds is 3. The number of hydrogen-bond donors (Lipinski definition) is 1. The van der Waals surface area contributed by atoms with Crippen molar-refractivity contribution < 1.29 is 9.84 Å². The molecule has 1 N–H and O–H groups in total. The standard InChI is InChI=1S/C10H13BrO2/c1-8-3-5-9(6-4-8)13-7-10(2,11)12/h3-6,12H,7H2,1-2H3. The van der Waals surface area contributed by atoms with E-state index in [1.807, 2.05) is 31.2 Å². The molecule has 1 rings (SSSR count). The second-order valence-electron chi connectivity index (χ2n) is 3.24. The van der Waals surface area contributed by atoms with E-state index in [1.54, 1.807) is 6.92 Å². The third-order valence-electron chi connectivity index (χ3n) is 1.52. The largest absolute Gasteiger partial charge is 0.490 e. The van der Waals surface area contributed by atoms with Gasteiger partial charge in [-0.25, -0.2) is 0 Å². The fourth-order valence-electron chi connectivity index (χ4n) is 0.850. The van der Waals surface area contributed by atoms with E-state index in [-0.39, 0.29) is 6.61 Å². The van der Waals surface area contributed by atoms with Crippen LogP contribution in [0.25, 0.3) is 0 Å². The van der Waals surface area contributed by atoms with Gasteiger partial charge in [0.2, 0.25) is 0 Å². The predicted molar refractivity (Wildman–Crippen MR) is 56.2 cm³/mol. The molecule has 0 aromatic heterocycles. The molecule has 3 heteroatoms. The highest BCUT2D eigenvalue weighted by Gasteiger charge is 2.15. The van der Waals surface area contributed by atoms with Gasteiger partial charge in [-0.05, 0) is 26.0 Å². The normalized spacial score (nSPS) is 15.1. The average molecular weight is 245 g/mol. The van der Waals surface area contributed by atoms with Crippen LogP contribution in [0.2, 0.25) is 0 Å². The van der Waals surface area contributed by atoms with Crippen LogP contribution in [0.3, 0.4) is 0 Å². The topological polar surface area (TPSA) is 29.5 Å². The lowest BCUT2D eigenvalue weighted by Crippen LogP contribution is -2.24. The second-order valence-corrected chi connectivity index (χ2v) is 4.95. The van der Waals surface area contributed by atoms with E-state index in [1.165, 1.54) is 5.56 Å². The van der Waals surface area contributed by atoms with Gasteiger partial charge in [-0.1, -0.05) is 33.6 Å². The van der Waals surface area contributed by atoms with E-state index in [4.69, 9.17) is 4.74 Å². The van der Waals surface area contributed by atoms with Crippen molar-refractivity contribution in [3.05, 3.63) is 29.8 Å². The number of alkyl halides is 1. The summed E-state index contributed by atoms with van der Waals surface area (Å²) in [6, 6.07) is 7.71. The maximum absolute atomic E-state index is 9.33. The fourth-order valence-corrected chi connectivity index (χ4v) is 0.964. The molecule has 0 bridgehead atoms. The van der Waals surface area contributed by atoms with Gasteiger partial charge in [-0.3, -0.25) is 0 Å². The van der Waals surface area contributed by atoms with Gasteiger partial charge in [0.05, 0.1) is 0 Å². The summed E-state index contributed by atoms with van der Waals surface area (Å²) in [5.41, 5.74) is 1.19. The van der Waals surface area contributed by atoms with Crippen molar-refractivity contribution in [3.8, 4) is 5.75 Å². The molecule has 72 valence electrons. The van der Waals surface area contributed by atoms with E-state index < -0.39 is 4.51 Å². The van der Waals surface area contributed by atoms with Crippen LogP contribution in [0.5, 0.6) is 5.75 Å². The van der Waals surface area contributed by atoms with Crippen molar-refractivity contribution in [3.63, 3.8) is 0 Å². The molecule has 0 fully saturated rings. The Morgan fingerprint density at radius 2 is 1.92 bits per heavy atom. The van der Waals surface area contributed by atoms with Crippen molar-refractivity contribution >= 4 is 15.9 Å². The molecule has 0 heterocycles. The molecular formula is C10H13BrO2. The first-order valence-corrected chi connectivity index (χ1v) is 4.87. The Labute approximate surface area is 86.7 Å². The van der Waals surface area contributed by atoms with Crippen LogP contribution in [0.15, 0.2) is 24.3 Å². The maximum Gasteiger partial charge on any atom is 0.150 e. The molecule has 0 saturated heterocycles. The van der Waals surface area contributed by atoms with Crippen molar-refractivity contribution in [2.24, 2.45) is 0 Å². The predicted octanol–water partition coefficient (Wildman–Crippen LogP) is 2.48. The van der Waals surface area contributed by atoms with Gasteiger partial charge < -0.3 is 9.84 Å². The highest BCUT2D eigenvalue weighted by Crippen LogP contribution is 2.17. The van der Waals surface area contributed by atoms with E-state index in [2.05, 4.69) is 15.9 Å². The highest BCUT2D eigenvalue weighted by molar-refractivity contribution is 9.10. The molecule has 0 radical (unpaired) electrons. The molecular weight excluding hydrogens is 232 g/mol. The summed E-state index contributed by atoms with van der Waals surface area (Å²) in [7, 11) is 0. The first-order chi connectivity index (χ1) is 5.97. The van der Waals surface area contributed by atoms with Gasteiger partial charge >= 0.3 is 0 Å². The van der Waals surface area contributed by atoms with Crippen molar-refractivity contribution in [1.82, 2.24) is 0 Å². The first kappa shape index (κ1) is 10.5. The summed E-state index contributed by atoms with van der Waals surface area (Å²) in [5, 5.41) is 9.33. The third-order valence-corrected chi connectivity index (χ3v) is 1.75. The minimum absolute atomic E-state index is 0.232. The molecule has 13 heavy (non-hydrogen) atoms. The Balaban J connectivity index is 2.51. The van der Waals surface area contributed by atoms with Crippen LogP contribution < -0.4 is 4.74 Å². The summed E-state index contributed by atoms with van der Waals surface area (Å²) >= 11 is 3.08. The van der Waals surface area contributed by atoms with E-state index >= 15 is 0 Å². The minimum atomic E-state index is -0.960. The number of hydrogen-bond acceptors (Lipinski definition) is 2. The molecule has 1 aromatic carbocycles. The van der Waals surface area contributed by atoms with E-state index in [0.29, 0.717) is 0 Å². The van der Waals surface area contributed by atoms with Crippen LogP contribution >= 0.6 is 15.9 Å². The summed E-state index contributed by atoms with van der Waals surface area (Å²) < 4.78 is 4.37. The van der Waals surface area contributed by atoms with Crippen LogP contribution in [-0.2, 0) is 0 Å². The third kappa shape index (κ3) is 4.29. The molecule has 1 atom stereocenters. The first-order valence-electron chi connectivity index (χ1n) is 4.08. The van der Waals surface area contributed by atoms with Crippen molar-refractivity contribution in [2.45, 2.75) is 18.4 Å². The quantitative estimate of drug-likeness (QED) is 0.829. The zero-order valence-corrected chi connectivity index (χ0v) is 9.34. The molecule has 0 aliphatic heterocycles. The van der Waals surface area contributed by atoms with E-state index in [9.17, 15) is 5.11 Å². The lowest BCUT2D eigenvalue weighted by atomic mass is 10.2. The van der Waals surface area contributed by atoms with Gasteiger partial charge in [0.1, 0.15) is 16.9 Å². The Hall–Kier alpha value is -0.540. The lowest BCUT2D eigenvalue weighted by molar-refractivity contribution is 0.0987. The Bertz CT molecular complexity index is 261. The second kappa shape index (κ2) is 4.11. The van der Waals surface area contributed by atoms with Gasteiger partial charge in [-0.2, -0.15) is 0 Å². The minimum Gasteiger partial charge on any atom is -0.490 e. The van der Waals surface area contributed by atoms with Crippen molar-refractivity contribution in [1.29, 1.82) is 0 Å². The molecule has 0 spiro atoms. The summed E-state index contributed by atoms with van der Waals surface area (Å²) in [4.78, 5) is 0. The van der Waals surface area contributed by atoms with Crippen LogP contribution in [0.4, 0.5) is 0 Å². The maximum atomic E-state index is 9.33. The molecule has 0 amide bonds. The van der Waals surface area contributed by atoms with Gasteiger partial charge in [0, 0.05) is 0 Å². The molecule has 0 saturated carbocycles. The monoisotopic (exact) mass is 244 g/mol. The van der Waals surface area contributed by atoms with Gasteiger partial charge in [0.15, 0.2) is 0 Å². The number of halogens is 1. The van der Waals surface area contributed by atoms with Gasteiger partial charge in [0.25, 0.3) is 0 Å². The zero-order valence-electron chi connectivity index (χ0n) is 7.75. The average Bonchev–Trinajstić information content (AvgIpc) is 2.02.